The second kappa shape index (κ2) is 9.93. The van der Waals surface area contributed by atoms with E-state index in [1.54, 1.807) is 4.90 Å². The van der Waals surface area contributed by atoms with E-state index in [-0.39, 0.29) is 17.9 Å². The molecule has 1 saturated heterocycles. The van der Waals surface area contributed by atoms with E-state index in [1.165, 1.54) is 5.56 Å². The Hall–Kier alpha value is -2.82. The maximum absolute atomic E-state index is 12.7. The van der Waals surface area contributed by atoms with E-state index < -0.39 is 0 Å². The molecule has 2 aromatic carbocycles. The van der Waals surface area contributed by atoms with Crippen molar-refractivity contribution in [3.8, 4) is 0 Å². The summed E-state index contributed by atoms with van der Waals surface area (Å²) in [5, 5.41) is 6.02. The van der Waals surface area contributed by atoms with Crippen molar-refractivity contribution in [3.05, 3.63) is 66.2 Å². The molecule has 0 bridgehead atoms. The molecule has 28 heavy (non-hydrogen) atoms. The first-order valence-electron chi connectivity index (χ1n) is 10.1. The van der Waals surface area contributed by atoms with Crippen LogP contribution in [0.5, 0.6) is 0 Å². The Bertz CT molecular complexity index is 764. The standard InChI is InChI=1S/C23H29N3O2/c1-2-18(19-10-5-3-6-11-19)16-24-22(27)20-12-9-15-26(17-20)23(28)25-21-13-7-4-8-14-21/h3-8,10-11,13-14,18,20H,2,9,12,15-17H2,1H3,(H,24,27)(H,25,28). The first-order chi connectivity index (χ1) is 13.7. The van der Waals surface area contributed by atoms with Gasteiger partial charge in [-0.25, -0.2) is 4.79 Å². The Balaban J connectivity index is 1.51. The van der Waals surface area contributed by atoms with E-state index in [2.05, 4.69) is 29.7 Å². The molecular formula is C23H29N3O2. The number of urea groups is 1. The number of carbonyl (C=O) groups is 2. The zero-order valence-corrected chi connectivity index (χ0v) is 16.4. The molecule has 148 valence electrons. The number of hydrogen-bond donors (Lipinski definition) is 2. The number of amides is 3. The van der Waals surface area contributed by atoms with Crippen LogP contribution in [0.1, 0.15) is 37.7 Å². The molecule has 2 atom stereocenters. The fourth-order valence-electron chi connectivity index (χ4n) is 3.69. The van der Waals surface area contributed by atoms with Crippen LogP contribution < -0.4 is 10.6 Å². The number of rotatable bonds is 6. The monoisotopic (exact) mass is 379 g/mol. The molecule has 0 aliphatic carbocycles. The summed E-state index contributed by atoms with van der Waals surface area (Å²) in [5.41, 5.74) is 2.02. The maximum atomic E-state index is 12.7. The van der Waals surface area contributed by atoms with Crippen LogP contribution in [0.3, 0.4) is 0 Å². The van der Waals surface area contributed by atoms with Gasteiger partial charge in [0.25, 0.3) is 0 Å². The Morgan fingerprint density at radius 2 is 1.75 bits per heavy atom. The van der Waals surface area contributed by atoms with Gasteiger partial charge in [-0.2, -0.15) is 0 Å². The lowest BCUT2D eigenvalue weighted by molar-refractivity contribution is -0.126. The molecule has 1 aliphatic rings. The van der Waals surface area contributed by atoms with Gasteiger partial charge in [0.2, 0.25) is 5.91 Å². The molecule has 1 heterocycles. The van der Waals surface area contributed by atoms with Gasteiger partial charge >= 0.3 is 6.03 Å². The number of likely N-dealkylation sites (tertiary alicyclic amines) is 1. The molecule has 0 spiro atoms. The molecule has 2 aromatic rings. The SMILES string of the molecule is CCC(CNC(=O)C1CCCN(C(=O)Nc2ccccc2)C1)c1ccccc1. The molecule has 5 nitrogen and oxygen atoms in total. The van der Waals surface area contributed by atoms with Crippen molar-refractivity contribution >= 4 is 17.6 Å². The minimum Gasteiger partial charge on any atom is -0.355 e. The van der Waals surface area contributed by atoms with Crippen molar-refractivity contribution in [2.45, 2.75) is 32.1 Å². The number of benzene rings is 2. The molecule has 5 heteroatoms. The van der Waals surface area contributed by atoms with Crippen molar-refractivity contribution in [1.82, 2.24) is 10.2 Å². The summed E-state index contributed by atoms with van der Waals surface area (Å²) in [5.74, 6) is 0.210. The number of nitrogens with one attached hydrogen (secondary N) is 2. The summed E-state index contributed by atoms with van der Waals surface area (Å²) in [6, 6.07) is 19.6. The van der Waals surface area contributed by atoms with E-state index >= 15 is 0 Å². The largest absolute Gasteiger partial charge is 0.355 e. The third-order valence-electron chi connectivity index (χ3n) is 5.39. The Morgan fingerprint density at radius 1 is 1.07 bits per heavy atom. The lowest BCUT2D eigenvalue weighted by atomic mass is 9.94. The van der Waals surface area contributed by atoms with Gasteiger partial charge < -0.3 is 15.5 Å². The highest BCUT2D eigenvalue weighted by Gasteiger charge is 2.28. The lowest BCUT2D eigenvalue weighted by Gasteiger charge is -2.32. The summed E-state index contributed by atoms with van der Waals surface area (Å²) >= 11 is 0. The molecule has 3 amide bonds. The van der Waals surface area contributed by atoms with Gasteiger partial charge in [0.1, 0.15) is 0 Å². The Morgan fingerprint density at radius 3 is 2.43 bits per heavy atom. The number of para-hydroxylation sites is 1. The van der Waals surface area contributed by atoms with Crippen LogP contribution in [0.2, 0.25) is 0 Å². The van der Waals surface area contributed by atoms with Gasteiger partial charge in [0, 0.05) is 31.2 Å². The van der Waals surface area contributed by atoms with Crippen LogP contribution in [-0.4, -0.2) is 36.5 Å². The second-order valence-electron chi connectivity index (χ2n) is 7.34. The fourth-order valence-corrected chi connectivity index (χ4v) is 3.69. The van der Waals surface area contributed by atoms with Crippen molar-refractivity contribution < 1.29 is 9.59 Å². The molecule has 3 rings (SSSR count). The van der Waals surface area contributed by atoms with Gasteiger partial charge in [-0.05, 0) is 37.0 Å². The maximum Gasteiger partial charge on any atom is 0.321 e. The van der Waals surface area contributed by atoms with E-state index in [4.69, 9.17) is 0 Å². The van der Waals surface area contributed by atoms with Gasteiger partial charge in [-0.1, -0.05) is 55.5 Å². The van der Waals surface area contributed by atoms with Crippen molar-refractivity contribution in [2.75, 3.05) is 25.0 Å². The summed E-state index contributed by atoms with van der Waals surface area (Å²) in [7, 11) is 0. The van der Waals surface area contributed by atoms with Crippen LogP contribution in [0, 0.1) is 5.92 Å². The van der Waals surface area contributed by atoms with Crippen LogP contribution in [-0.2, 0) is 4.79 Å². The Labute approximate surface area is 167 Å². The van der Waals surface area contributed by atoms with Crippen molar-refractivity contribution in [3.63, 3.8) is 0 Å². The van der Waals surface area contributed by atoms with E-state index in [9.17, 15) is 9.59 Å². The van der Waals surface area contributed by atoms with Crippen LogP contribution in [0.4, 0.5) is 10.5 Å². The fraction of sp³-hybridized carbons (Fsp3) is 0.391. The van der Waals surface area contributed by atoms with Crippen LogP contribution in [0.15, 0.2) is 60.7 Å². The molecule has 2 N–H and O–H groups in total. The predicted molar refractivity (Wildman–Crippen MR) is 112 cm³/mol. The van der Waals surface area contributed by atoms with Crippen molar-refractivity contribution in [1.29, 1.82) is 0 Å². The van der Waals surface area contributed by atoms with Crippen LogP contribution >= 0.6 is 0 Å². The smallest absolute Gasteiger partial charge is 0.321 e. The van der Waals surface area contributed by atoms with E-state index in [0.717, 1.165) is 24.9 Å². The molecule has 0 saturated carbocycles. The highest BCUT2D eigenvalue weighted by Crippen LogP contribution is 2.20. The van der Waals surface area contributed by atoms with Gasteiger partial charge in [0.15, 0.2) is 0 Å². The highest BCUT2D eigenvalue weighted by molar-refractivity contribution is 5.90. The molecule has 2 unspecified atom stereocenters. The average molecular weight is 380 g/mol. The number of nitrogens with zero attached hydrogens (tertiary/aromatic N) is 1. The first-order valence-corrected chi connectivity index (χ1v) is 10.1. The summed E-state index contributed by atoms with van der Waals surface area (Å²) < 4.78 is 0. The van der Waals surface area contributed by atoms with Crippen LogP contribution in [0.25, 0.3) is 0 Å². The zero-order chi connectivity index (χ0) is 19.8. The third kappa shape index (κ3) is 5.35. The molecule has 1 aliphatic heterocycles. The van der Waals surface area contributed by atoms with E-state index in [1.807, 2.05) is 48.5 Å². The molecule has 0 aromatic heterocycles. The quantitative estimate of drug-likeness (QED) is 0.789. The predicted octanol–water partition coefficient (Wildman–Crippen LogP) is 4.24. The number of hydrogen-bond acceptors (Lipinski definition) is 2. The molecule has 0 radical (unpaired) electrons. The summed E-state index contributed by atoms with van der Waals surface area (Å²) in [6.07, 6.45) is 2.64. The van der Waals surface area contributed by atoms with E-state index in [0.29, 0.717) is 25.6 Å². The normalized spacial score (nSPS) is 17.6. The number of piperidine rings is 1. The summed E-state index contributed by atoms with van der Waals surface area (Å²) in [4.78, 5) is 27.0. The minimum atomic E-state index is -0.149. The molecule has 1 fully saturated rings. The Kier molecular flexibility index (Phi) is 7.06. The average Bonchev–Trinajstić information content (AvgIpc) is 2.75. The topological polar surface area (TPSA) is 61.4 Å². The van der Waals surface area contributed by atoms with Crippen molar-refractivity contribution in [2.24, 2.45) is 5.92 Å². The first kappa shape index (κ1) is 19.9. The number of carbonyl (C=O) groups excluding carboxylic acids is 2. The third-order valence-corrected chi connectivity index (χ3v) is 5.39. The lowest BCUT2D eigenvalue weighted by Crippen LogP contribution is -2.47. The van der Waals surface area contributed by atoms with Gasteiger partial charge in [-0.3, -0.25) is 4.79 Å². The van der Waals surface area contributed by atoms with Gasteiger partial charge in [-0.15, -0.1) is 0 Å². The van der Waals surface area contributed by atoms with Gasteiger partial charge in [0.05, 0.1) is 5.92 Å². The second-order valence-corrected chi connectivity index (χ2v) is 7.34. The zero-order valence-electron chi connectivity index (χ0n) is 16.4. The molecular weight excluding hydrogens is 350 g/mol. The highest BCUT2D eigenvalue weighted by atomic mass is 16.2. The number of anilines is 1. The summed E-state index contributed by atoms with van der Waals surface area (Å²) in [6.45, 7) is 3.92. The minimum absolute atomic E-state index is 0.0478.